The van der Waals surface area contributed by atoms with Gasteiger partial charge in [0, 0.05) is 10.7 Å². The van der Waals surface area contributed by atoms with E-state index in [-0.39, 0.29) is 6.04 Å². The van der Waals surface area contributed by atoms with Crippen LogP contribution in [0.4, 0.5) is 0 Å². The van der Waals surface area contributed by atoms with Gasteiger partial charge >= 0.3 is 0 Å². The zero-order valence-electron chi connectivity index (χ0n) is 11.1. The third-order valence-electron chi connectivity index (χ3n) is 2.88. The lowest BCUT2D eigenvalue weighted by molar-refractivity contribution is 0.400. The van der Waals surface area contributed by atoms with Crippen LogP contribution in [0.5, 0.6) is 5.75 Å². The molecular formula is C15H17BrN2O. The first-order valence-corrected chi connectivity index (χ1v) is 7.03. The molecule has 1 aromatic heterocycles. The summed E-state index contributed by atoms with van der Waals surface area (Å²) in [7, 11) is 1.67. The fraction of sp³-hybridized carbons (Fsp3) is 0.267. The van der Waals surface area contributed by atoms with Crippen molar-refractivity contribution < 1.29 is 4.74 Å². The van der Waals surface area contributed by atoms with Gasteiger partial charge in [0.1, 0.15) is 11.4 Å². The van der Waals surface area contributed by atoms with Crippen molar-refractivity contribution in [3.63, 3.8) is 0 Å². The highest BCUT2D eigenvalue weighted by molar-refractivity contribution is 9.10. The fourth-order valence-electron chi connectivity index (χ4n) is 2.05. The summed E-state index contributed by atoms with van der Waals surface area (Å²) in [5.74, 6) is 0.799. The second-order valence-corrected chi connectivity index (χ2v) is 5.05. The number of ether oxygens (including phenoxy) is 1. The number of benzene rings is 1. The van der Waals surface area contributed by atoms with Gasteiger partial charge in [-0.05, 0) is 36.4 Å². The van der Waals surface area contributed by atoms with Crippen LogP contribution in [0.1, 0.15) is 24.2 Å². The Morgan fingerprint density at radius 1 is 1.32 bits per heavy atom. The number of nitrogens with one attached hydrogen (secondary N) is 1. The number of halogens is 1. The molecule has 0 fully saturated rings. The second-order valence-electron chi connectivity index (χ2n) is 4.14. The largest absolute Gasteiger partial charge is 0.495 e. The maximum absolute atomic E-state index is 5.41. The van der Waals surface area contributed by atoms with Gasteiger partial charge in [0.05, 0.1) is 13.2 Å². The smallest absolute Gasteiger partial charge is 0.142 e. The Balaban J connectivity index is 2.45. The molecule has 0 saturated heterocycles. The van der Waals surface area contributed by atoms with Gasteiger partial charge in [0.25, 0.3) is 0 Å². The van der Waals surface area contributed by atoms with Crippen LogP contribution in [0.25, 0.3) is 0 Å². The fourth-order valence-corrected chi connectivity index (χ4v) is 2.47. The molecule has 1 aromatic carbocycles. The minimum Gasteiger partial charge on any atom is -0.495 e. The zero-order valence-corrected chi connectivity index (χ0v) is 12.6. The first-order valence-electron chi connectivity index (χ1n) is 6.24. The van der Waals surface area contributed by atoms with Crippen LogP contribution in [-0.4, -0.2) is 18.6 Å². The Labute approximate surface area is 122 Å². The predicted molar refractivity (Wildman–Crippen MR) is 80.5 cm³/mol. The monoisotopic (exact) mass is 320 g/mol. The van der Waals surface area contributed by atoms with Crippen molar-refractivity contribution in [2.45, 2.75) is 13.0 Å². The highest BCUT2D eigenvalue weighted by Crippen LogP contribution is 2.29. The van der Waals surface area contributed by atoms with Crippen LogP contribution >= 0.6 is 15.9 Å². The summed E-state index contributed by atoms with van der Waals surface area (Å²) >= 11 is 3.51. The molecule has 2 rings (SSSR count). The number of hydrogen-bond donors (Lipinski definition) is 1. The molecule has 0 aliphatic heterocycles. The molecular weight excluding hydrogens is 304 g/mol. The van der Waals surface area contributed by atoms with Crippen LogP contribution in [-0.2, 0) is 0 Å². The normalized spacial score (nSPS) is 12.2. The van der Waals surface area contributed by atoms with Gasteiger partial charge in [0.15, 0.2) is 0 Å². The van der Waals surface area contributed by atoms with E-state index in [1.54, 1.807) is 13.3 Å². The van der Waals surface area contributed by atoms with Gasteiger partial charge in [-0.15, -0.1) is 0 Å². The number of pyridine rings is 1. The number of aromatic nitrogens is 1. The molecule has 0 bridgehead atoms. The number of rotatable bonds is 5. The molecule has 0 aliphatic rings. The first kappa shape index (κ1) is 14.0. The molecule has 1 N–H and O–H groups in total. The van der Waals surface area contributed by atoms with E-state index in [0.29, 0.717) is 0 Å². The summed E-state index contributed by atoms with van der Waals surface area (Å²) in [6.07, 6.45) is 1.79. The maximum atomic E-state index is 5.41. The summed E-state index contributed by atoms with van der Waals surface area (Å²) in [6.45, 7) is 2.94. The van der Waals surface area contributed by atoms with Crippen LogP contribution in [0.3, 0.4) is 0 Å². The molecule has 3 nitrogen and oxygen atoms in total. The van der Waals surface area contributed by atoms with Gasteiger partial charge in [0.2, 0.25) is 0 Å². The van der Waals surface area contributed by atoms with E-state index in [0.717, 1.165) is 28.0 Å². The second kappa shape index (κ2) is 6.68. The van der Waals surface area contributed by atoms with Crippen molar-refractivity contribution in [2.24, 2.45) is 0 Å². The average molecular weight is 321 g/mol. The Kier molecular flexibility index (Phi) is 4.93. The van der Waals surface area contributed by atoms with E-state index < -0.39 is 0 Å². The molecule has 0 amide bonds. The number of methoxy groups -OCH3 is 1. The molecule has 1 heterocycles. The van der Waals surface area contributed by atoms with Crippen LogP contribution in [0, 0.1) is 0 Å². The Bertz CT molecular complexity index is 545. The van der Waals surface area contributed by atoms with Gasteiger partial charge in [-0.25, -0.2) is 0 Å². The van der Waals surface area contributed by atoms with E-state index in [1.165, 1.54) is 0 Å². The molecule has 0 saturated carbocycles. The van der Waals surface area contributed by atoms with Gasteiger partial charge < -0.3 is 10.1 Å². The van der Waals surface area contributed by atoms with Crippen LogP contribution in [0.2, 0.25) is 0 Å². The van der Waals surface area contributed by atoms with Crippen molar-refractivity contribution >= 4 is 15.9 Å². The summed E-state index contributed by atoms with van der Waals surface area (Å²) in [5, 5.41) is 3.45. The molecule has 1 unspecified atom stereocenters. The summed E-state index contributed by atoms with van der Waals surface area (Å²) in [5.41, 5.74) is 2.07. The number of hydrogen-bond acceptors (Lipinski definition) is 3. The molecule has 0 radical (unpaired) electrons. The predicted octanol–water partition coefficient (Wildman–Crippen LogP) is 3.55. The van der Waals surface area contributed by atoms with Gasteiger partial charge in [-0.3, -0.25) is 4.98 Å². The van der Waals surface area contributed by atoms with Crippen molar-refractivity contribution in [3.8, 4) is 5.75 Å². The van der Waals surface area contributed by atoms with Crippen LogP contribution < -0.4 is 10.1 Å². The Hall–Kier alpha value is -1.39. The zero-order chi connectivity index (χ0) is 13.7. The highest BCUT2D eigenvalue weighted by Gasteiger charge is 2.18. The molecule has 100 valence electrons. The quantitative estimate of drug-likeness (QED) is 0.914. The minimum absolute atomic E-state index is 0.0265. The highest BCUT2D eigenvalue weighted by atomic mass is 79.9. The lowest BCUT2D eigenvalue weighted by Gasteiger charge is -2.20. The van der Waals surface area contributed by atoms with Crippen molar-refractivity contribution in [2.75, 3.05) is 13.7 Å². The first-order chi connectivity index (χ1) is 9.26. The molecule has 4 heteroatoms. The number of nitrogens with zero attached hydrogens (tertiary/aromatic N) is 1. The summed E-state index contributed by atoms with van der Waals surface area (Å²) < 4.78 is 6.47. The summed E-state index contributed by atoms with van der Waals surface area (Å²) in [4.78, 5) is 4.47. The lowest BCUT2D eigenvalue weighted by Crippen LogP contribution is -2.23. The van der Waals surface area contributed by atoms with Crippen molar-refractivity contribution in [1.29, 1.82) is 0 Å². The molecule has 2 aromatic rings. The molecule has 19 heavy (non-hydrogen) atoms. The van der Waals surface area contributed by atoms with E-state index in [4.69, 9.17) is 4.74 Å². The Morgan fingerprint density at radius 3 is 2.84 bits per heavy atom. The molecule has 0 aliphatic carbocycles. The van der Waals surface area contributed by atoms with Crippen molar-refractivity contribution in [3.05, 3.63) is 58.3 Å². The van der Waals surface area contributed by atoms with E-state index in [1.807, 2.05) is 24.3 Å². The SMILES string of the molecule is CCNC(c1cccc(Br)c1)c1ncccc1OC. The maximum Gasteiger partial charge on any atom is 0.142 e. The van der Waals surface area contributed by atoms with Crippen molar-refractivity contribution in [1.82, 2.24) is 10.3 Å². The lowest BCUT2D eigenvalue weighted by atomic mass is 10.0. The van der Waals surface area contributed by atoms with E-state index >= 15 is 0 Å². The Morgan fingerprint density at radius 2 is 2.16 bits per heavy atom. The third kappa shape index (κ3) is 3.33. The average Bonchev–Trinajstić information content (AvgIpc) is 2.45. The van der Waals surface area contributed by atoms with Crippen LogP contribution in [0.15, 0.2) is 47.1 Å². The third-order valence-corrected chi connectivity index (χ3v) is 3.38. The van der Waals surface area contributed by atoms with E-state index in [2.05, 4.69) is 45.3 Å². The van der Waals surface area contributed by atoms with Gasteiger partial charge in [-0.2, -0.15) is 0 Å². The molecule has 1 atom stereocenters. The standard InChI is InChI=1S/C15H17BrN2O/c1-3-17-14(11-6-4-7-12(16)10-11)15-13(19-2)8-5-9-18-15/h4-10,14,17H,3H2,1-2H3. The topological polar surface area (TPSA) is 34.2 Å². The van der Waals surface area contributed by atoms with E-state index in [9.17, 15) is 0 Å². The minimum atomic E-state index is 0.0265. The molecule has 0 spiro atoms. The van der Waals surface area contributed by atoms with Gasteiger partial charge in [-0.1, -0.05) is 35.0 Å². The summed E-state index contributed by atoms with van der Waals surface area (Å²) in [6, 6.07) is 12.1.